The summed E-state index contributed by atoms with van der Waals surface area (Å²) < 4.78 is 6.18. The predicted molar refractivity (Wildman–Crippen MR) is 101 cm³/mol. The summed E-state index contributed by atoms with van der Waals surface area (Å²) in [7, 11) is 1.59. The first kappa shape index (κ1) is 18.0. The fraction of sp³-hybridized carbons (Fsp3) is 0.222. The first-order valence-electron chi connectivity index (χ1n) is 7.62. The molecule has 2 aromatic rings. The van der Waals surface area contributed by atoms with Crippen LogP contribution in [0.5, 0.6) is 5.75 Å². The maximum absolute atomic E-state index is 12.3. The van der Waals surface area contributed by atoms with Crippen LogP contribution in [0.15, 0.2) is 58.1 Å². The van der Waals surface area contributed by atoms with E-state index in [1.54, 1.807) is 13.3 Å². The van der Waals surface area contributed by atoms with Gasteiger partial charge in [-0.25, -0.2) is 5.43 Å². The van der Waals surface area contributed by atoms with Crippen molar-refractivity contribution in [3.63, 3.8) is 0 Å². The molecule has 1 amide bonds. The maximum Gasteiger partial charge on any atom is 0.262 e. The molecule has 0 fully saturated rings. The number of carbonyl (C=O) groups is 1. The minimum Gasteiger partial charge on any atom is -0.496 e. The summed E-state index contributed by atoms with van der Waals surface area (Å²) in [5.74, 6) is 0.497. The summed E-state index contributed by atoms with van der Waals surface area (Å²) in [6, 6.07) is 14.8. The van der Waals surface area contributed by atoms with Gasteiger partial charge in [0, 0.05) is 15.7 Å². The minimum atomic E-state index is -0.353. The Kier molecular flexibility index (Phi) is 6.81. The van der Waals surface area contributed by atoms with E-state index in [1.807, 2.05) is 55.5 Å². The van der Waals surface area contributed by atoms with Gasteiger partial charge in [-0.1, -0.05) is 41.1 Å². The fourth-order valence-corrected chi connectivity index (χ4v) is 2.52. The second-order valence-corrected chi connectivity index (χ2v) is 6.01. The highest BCUT2D eigenvalue weighted by molar-refractivity contribution is 9.10. The van der Waals surface area contributed by atoms with Gasteiger partial charge < -0.3 is 10.1 Å². The van der Waals surface area contributed by atoms with E-state index in [-0.39, 0.29) is 11.9 Å². The molecule has 0 aliphatic rings. The lowest BCUT2D eigenvalue weighted by atomic mass is 10.2. The number of hydrazone groups is 1. The number of amides is 1. The van der Waals surface area contributed by atoms with Gasteiger partial charge in [0.1, 0.15) is 11.8 Å². The molecule has 0 aromatic heterocycles. The van der Waals surface area contributed by atoms with Gasteiger partial charge in [0.15, 0.2) is 0 Å². The highest BCUT2D eigenvalue weighted by Gasteiger charge is 2.15. The number of rotatable bonds is 7. The number of methoxy groups -OCH3 is 1. The van der Waals surface area contributed by atoms with E-state index >= 15 is 0 Å². The molecule has 0 bridgehead atoms. The number of benzene rings is 2. The van der Waals surface area contributed by atoms with Crippen LogP contribution in [-0.2, 0) is 4.79 Å². The zero-order valence-electron chi connectivity index (χ0n) is 13.6. The number of hydrogen-bond acceptors (Lipinski definition) is 4. The minimum absolute atomic E-state index is 0.188. The quantitative estimate of drug-likeness (QED) is 0.559. The average Bonchev–Trinajstić information content (AvgIpc) is 2.60. The van der Waals surface area contributed by atoms with Crippen molar-refractivity contribution < 1.29 is 9.53 Å². The van der Waals surface area contributed by atoms with Crippen LogP contribution in [-0.4, -0.2) is 25.3 Å². The molecule has 2 aromatic carbocycles. The first-order chi connectivity index (χ1) is 11.6. The molecule has 0 spiro atoms. The molecule has 2 rings (SSSR count). The topological polar surface area (TPSA) is 62.7 Å². The normalized spacial score (nSPS) is 12.0. The van der Waals surface area contributed by atoms with Crippen LogP contribution >= 0.6 is 15.9 Å². The molecule has 0 aliphatic carbocycles. The van der Waals surface area contributed by atoms with Crippen molar-refractivity contribution in [1.82, 2.24) is 5.43 Å². The highest BCUT2D eigenvalue weighted by atomic mass is 79.9. The van der Waals surface area contributed by atoms with Gasteiger partial charge in [-0.3, -0.25) is 4.79 Å². The van der Waals surface area contributed by atoms with E-state index in [2.05, 4.69) is 31.8 Å². The third-order valence-corrected chi connectivity index (χ3v) is 3.90. The number of para-hydroxylation sites is 1. The van der Waals surface area contributed by atoms with Crippen molar-refractivity contribution in [2.75, 3.05) is 12.4 Å². The van der Waals surface area contributed by atoms with Crippen molar-refractivity contribution in [3.05, 3.63) is 58.6 Å². The Morgan fingerprint density at radius 1 is 1.29 bits per heavy atom. The molecule has 1 atom stereocenters. The molecular weight excluding hydrogens is 370 g/mol. The lowest BCUT2D eigenvalue weighted by Gasteiger charge is -2.16. The average molecular weight is 390 g/mol. The van der Waals surface area contributed by atoms with Crippen LogP contribution in [0.4, 0.5) is 5.69 Å². The van der Waals surface area contributed by atoms with Gasteiger partial charge in [0.25, 0.3) is 5.91 Å². The summed E-state index contributed by atoms with van der Waals surface area (Å²) in [5, 5.41) is 7.23. The number of nitrogens with zero attached hydrogens (tertiary/aromatic N) is 1. The number of carbonyl (C=O) groups excluding carboxylic acids is 1. The van der Waals surface area contributed by atoms with E-state index in [4.69, 9.17) is 4.74 Å². The molecule has 1 unspecified atom stereocenters. The van der Waals surface area contributed by atoms with Gasteiger partial charge in [-0.15, -0.1) is 0 Å². The molecular formula is C18H20BrN3O2. The molecule has 0 heterocycles. The molecule has 0 saturated carbocycles. The van der Waals surface area contributed by atoms with Gasteiger partial charge in [-0.2, -0.15) is 5.10 Å². The Labute approximate surface area is 150 Å². The van der Waals surface area contributed by atoms with Crippen LogP contribution in [0.1, 0.15) is 18.9 Å². The fourth-order valence-electron chi connectivity index (χ4n) is 2.14. The van der Waals surface area contributed by atoms with Crippen molar-refractivity contribution in [2.45, 2.75) is 19.4 Å². The Bertz CT molecular complexity index is 705. The molecule has 24 heavy (non-hydrogen) atoms. The number of nitrogens with one attached hydrogen (secondary N) is 2. The smallest absolute Gasteiger partial charge is 0.262 e. The largest absolute Gasteiger partial charge is 0.496 e. The van der Waals surface area contributed by atoms with Gasteiger partial charge in [-0.05, 0) is 36.8 Å². The molecule has 2 N–H and O–H groups in total. The van der Waals surface area contributed by atoms with Gasteiger partial charge >= 0.3 is 0 Å². The number of hydrogen-bond donors (Lipinski definition) is 2. The van der Waals surface area contributed by atoms with Crippen LogP contribution in [0.2, 0.25) is 0 Å². The van der Waals surface area contributed by atoms with E-state index in [9.17, 15) is 4.79 Å². The van der Waals surface area contributed by atoms with Crippen LogP contribution in [0, 0.1) is 0 Å². The van der Waals surface area contributed by atoms with E-state index in [1.165, 1.54) is 0 Å². The second-order valence-electron chi connectivity index (χ2n) is 5.09. The second kappa shape index (κ2) is 9.08. The third-order valence-electron chi connectivity index (χ3n) is 3.41. The van der Waals surface area contributed by atoms with Gasteiger partial charge in [0.05, 0.1) is 13.3 Å². The Balaban J connectivity index is 1.99. The summed E-state index contributed by atoms with van der Waals surface area (Å²) in [6.07, 6.45) is 2.22. The molecule has 0 aliphatic heterocycles. The monoisotopic (exact) mass is 389 g/mol. The van der Waals surface area contributed by atoms with Crippen LogP contribution in [0.3, 0.4) is 0 Å². The van der Waals surface area contributed by atoms with Crippen molar-refractivity contribution in [1.29, 1.82) is 0 Å². The molecule has 126 valence electrons. The van der Waals surface area contributed by atoms with E-state index in [0.29, 0.717) is 12.2 Å². The summed E-state index contributed by atoms with van der Waals surface area (Å²) in [6.45, 7) is 1.95. The molecule has 5 nitrogen and oxygen atoms in total. The van der Waals surface area contributed by atoms with Crippen molar-refractivity contribution in [2.24, 2.45) is 5.10 Å². The Morgan fingerprint density at radius 2 is 2.04 bits per heavy atom. The first-order valence-corrected chi connectivity index (χ1v) is 8.41. The zero-order valence-corrected chi connectivity index (χ0v) is 15.2. The molecule has 0 radical (unpaired) electrons. The number of halogens is 1. The lowest BCUT2D eigenvalue weighted by molar-refractivity contribution is -0.121. The Morgan fingerprint density at radius 3 is 2.71 bits per heavy atom. The summed E-state index contributed by atoms with van der Waals surface area (Å²) >= 11 is 3.40. The zero-order chi connectivity index (χ0) is 17.4. The SMILES string of the molecule is CCC(Nc1ccccc1)C(=O)NN=Cc1cc(Br)ccc1OC. The van der Waals surface area contributed by atoms with Crippen molar-refractivity contribution >= 4 is 33.7 Å². The lowest BCUT2D eigenvalue weighted by Crippen LogP contribution is -2.36. The number of anilines is 1. The van der Waals surface area contributed by atoms with Crippen LogP contribution in [0.25, 0.3) is 0 Å². The maximum atomic E-state index is 12.3. The predicted octanol–water partition coefficient (Wildman–Crippen LogP) is 3.80. The van der Waals surface area contributed by atoms with E-state index < -0.39 is 0 Å². The standard InChI is InChI=1S/C18H20BrN3O2/c1-3-16(21-15-7-5-4-6-8-15)18(23)22-20-12-13-11-14(19)9-10-17(13)24-2/h4-12,16,21H,3H2,1-2H3,(H,22,23). The third kappa shape index (κ3) is 5.09. The summed E-state index contributed by atoms with van der Waals surface area (Å²) in [4.78, 5) is 12.3. The van der Waals surface area contributed by atoms with Crippen LogP contribution < -0.4 is 15.5 Å². The Hall–Kier alpha value is -2.34. The number of ether oxygens (including phenoxy) is 1. The van der Waals surface area contributed by atoms with E-state index in [0.717, 1.165) is 15.7 Å². The molecule has 6 heteroatoms. The van der Waals surface area contributed by atoms with Gasteiger partial charge in [0.2, 0.25) is 0 Å². The summed E-state index contributed by atoms with van der Waals surface area (Å²) in [5.41, 5.74) is 4.24. The highest BCUT2D eigenvalue weighted by Crippen LogP contribution is 2.21. The molecule has 0 saturated heterocycles. The van der Waals surface area contributed by atoms with Crippen molar-refractivity contribution in [3.8, 4) is 5.75 Å².